The second kappa shape index (κ2) is 8.77. The van der Waals surface area contributed by atoms with Gasteiger partial charge in [-0.05, 0) is 48.4 Å². The van der Waals surface area contributed by atoms with Gasteiger partial charge in [-0.15, -0.1) is 0 Å². The summed E-state index contributed by atoms with van der Waals surface area (Å²) in [5.74, 6) is 6.68. The second-order valence-electron chi connectivity index (χ2n) is 7.13. The van der Waals surface area contributed by atoms with Crippen LogP contribution in [0.5, 0.6) is 0 Å². The molecule has 0 spiro atoms. The highest BCUT2D eigenvalue weighted by atomic mass is 28.3. The molecule has 0 aliphatic carbocycles. The molecule has 0 bridgehead atoms. The molecule has 0 atom stereocenters. The van der Waals surface area contributed by atoms with E-state index in [1.165, 1.54) is 26.7 Å². The van der Waals surface area contributed by atoms with Crippen molar-refractivity contribution in [1.82, 2.24) is 0 Å². The summed E-state index contributed by atoms with van der Waals surface area (Å²) >= 11 is 0. The third-order valence-corrected chi connectivity index (χ3v) is 8.20. The summed E-state index contributed by atoms with van der Waals surface area (Å²) in [6.07, 6.45) is 0. The van der Waals surface area contributed by atoms with Gasteiger partial charge in [0.05, 0.1) is 0 Å². The zero-order chi connectivity index (χ0) is 20.1. The lowest BCUT2D eigenvalue weighted by Gasteiger charge is -2.20. The van der Waals surface area contributed by atoms with Crippen LogP contribution in [0.15, 0.2) is 103 Å². The minimum absolute atomic E-state index is 1.05. The summed E-state index contributed by atoms with van der Waals surface area (Å²) < 4.78 is 0. The van der Waals surface area contributed by atoms with Crippen molar-refractivity contribution < 1.29 is 0 Å². The van der Waals surface area contributed by atoms with Gasteiger partial charge in [-0.1, -0.05) is 107 Å². The minimum Gasteiger partial charge on any atom is -0.0624 e. The van der Waals surface area contributed by atoms with Crippen molar-refractivity contribution in [3.63, 3.8) is 0 Å². The highest BCUT2D eigenvalue weighted by Gasteiger charge is 2.22. The van der Waals surface area contributed by atoms with E-state index >= 15 is 0 Å². The summed E-state index contributed by atoms with van der Waals surface area (Å²) in [5, 5.41) is 4.26. The average molecular weight is 388 g/mol. The number of benzene rings is 4. The maximum absolute atomic E-state index is 3.38. The molecule has 0 fully saturated rings. The SMILES string of the molecule is Cc1c(C#Cc2ccccc2)ccc([Si](c2ccccc2)c2ccccc2)c1C. The standard InChI is InChI=1S/C28H23Si/c1-22-23(2)28(21-20-25(22)19-18-24-12-6-3-7-13-24)29(26-14-8-4-9-15-26)27-16-10-5-11-17-27/h3-17,20-21H,1-2H3. The molecule has 0 unspecified atom stereocenters. The van der Waals surface area contributed by atoms with Crippen LogP contribution in [-0.2, 0) is 0 Å². The van der Waals surface area contributed by atoms with Gasteiger partial charge < -0.3 is 0 Å². The van der Waals surface area contributed by atoms with Gasteiger partial charge in [0.15, 0.2) is 8.80 Å². The van der Waals surface area contributed by atoms with E-state index in [4.69, 9.17) is 0 Å². The summed E-state index contributed by atoms with van der Waals surface area (Å²) in [7, 11) is -1.06. The molecule has 4 aromatic carbocycles. The minimum atomic E-state index is -1.06. The third-order valence-electron chi connectivity index (χ3n) is 5.30. The molecule has 4 rings (SSSR count). The Kier molecular flexibility index (Phi) is 5.75. The fourth-order valence-electron chi connectivity index (χ4n) is 3.58. The first-order valence-corrected chi connectivity index (χ1v) is 11.4. The molecule has 0 aliphatic rings. The molecule has 0 aromatic heterocycles. The summed E-state index contributed by atoms with van der Waals surface area (Å²) in [5.41, 5.74) is 4.79. The van der Waals surface area contributed by atoms with Gasteiger partial charge in [-0.25, -0.2) is 0 Å². The fourth-order valence-corrected chi connectivity index (χ4v) is 6.39. The number of hydrogen-bond donors (Lipinski definition) is 0. The van der Waals surface area contributed by atoms with Crippen LogP contribution >= 0.6 is 0 Å². The molecule has 0 aliphatic heterocycles. The van der Waals surface area contributed by atoms with E-state index in [1.807, 2.05) is 18.2 Å². The molecule has 0 saturated heterocycles. The van der Waals surface area contributed by atoms with E-state index in [9.17, 15) is 0 Å². The van der Waals surface area contributed by atoms with Crippen molar-refractivity contribution in [3.8, 4) is 11.8 Å². The zero-order valence-corrected chi connectivity index (χ0v) is 17.8. The summed E-state index contributed by atoms with van der Waals surface area (Å²) in [6, 6.07) is 36.5. The maximum atomic E-state index is 3.38. The second-order valence-corrected chi connectivity index (χ2v) is 9.58. The average Bonchev–Trinajstić information content (AvgIpc) is 2.78. The van der Waals surface area contributed by atoms with E-state index in [0.717, 1.165) is 11.1 Å². The molecule has 0 nitrogen and oxygen atoms in total. The monoisotopic (exact) mass is 387 g/mol. The molecular weight excluding hydrogens is 364 g/mol. The van der Waals surface area contributed by atoms with E-state index in [1.54, 1.807) is 0 Å². The lowest BCUT2D eigenvalue weighted by molar-refractivity contribution is 1.34. The van der Waals surface area contributed by atoms with Gasteiger partial charge in [0.2, 0.25) is 0 Å². The van der Waals surface area contributed by atoms with E-state index in [-0.39, 0.29) is 0 Å². The van der Waals surface area contributed by atoms with Crippen LogP contribution in [0.1, 0.15) is 22.3 Å². The molecule has 1 radical (unpaired) electrons. The normalized spacial score (nSPS) is 10.4. The van der Waals surface area contributed by atoms with Gasteiger partial charge in [-0.3, -0.25) is 0 Å². The fraction of sp³-hybridized carbons (Fsp3) is 0.0714. The van der Waals surface area contributed by atoms with Crippen molar-refractivity contribution in [2.45, 2.75) is 13.8 Å². The first-order valence-electron chi connectivity index (χ1n) is 9.89. The highest BCUT2D eigenvalue weighted by molar-refractivity contribution is 6.95. The van der Waals surface area contributed by atoms with Crippen LogP contribution < -0.4 is 15.6 Å². The topological polar surface area (TPSA) is 0 Å². The van der Waals surface area contributed by atoms with Crippen molar-refractivity contribution in [2.24, 2.45) is 0 Å². The smallest absolute Gasteiger partial charge is 0.0624 e. The Morgan fingerprint density at radius 1 is 0.517 bits per heavy atom. The van der Waals surface area contributed by atoms with Crippen molar-refractivity contribution in [1.29, 1.82) is 0 Å². The quantitative estimate of drug-likeness (QED) is 0.280. The maximum Gasteiger partial charge on any atom is 0.154 e. The van der Waals surface area contributed by atoms with Crippen molar-refractivity contribution in [2.75, 3.05) is 0 Å². The van der Waals surface area contributed by atoms with Crippen LogP contribution in [0, 0.1) is 25.7 Å². The molecule has 4 aromatic rings. The molecule has 29 heavy (non-hydrogen) atoms. The van der Waals surface area contributed by atoms with Gasteiger partial charge in [0.1, 0.15) is 0 Å². The van der Waals surface area contributed by atoms with Crippen LogP contribution in [0.2, 0.25) is 0 Å². The lowest BCUT2D eigenvalue weighted by atomic mass is 10.0. The lowest BCUT2D eigenvalue weighted by Crippen LogP contribution is -2.53. The van der Waals surface area contributed by atoms with Gasteiger partial charge in [0.25, 0.3) is 0 Å². The molecule has 0 saturated carbocycles. The Labute approximate surface area is 175 Å². The number of rotatable bonds is 3. The van der Waals surface area contributed by atoms with Crippen LogP contribution in [0.3, 0.4) is 0 Å². The van der Waals surface area contributed by atoms with Crippen LogP contribution in [0.25, 0.3) is 0 Å². The molecule has 0 N–H and O–H groups in total. The Hall–Kier alpha value is -3.34. The van der Waals surface area contributed by atoms with Gasteiger partial charge in [0, 0.05) is 11.1 Å². The first-order chi connectivity index (χ1) is 14.2. The van der Waals surface area contributed by atoms with E-state index in [0.29, 0.717) is 0 Å². The Morgan fingerprint density at radius 2 is 1.03 bits per heavy atom. The largest absolute Gasteiger partial charge is 0.154 e. The van der Waals surface area contributed by atoms with Crippen LogP contribution in [-0.4, -0.2) is 8.80 Å². The Bertz CT molecular complexity index is 1110. The van der Waals surface area contributed by atoms with Gasteiger partial charge in [-0.2, -0.15) is 0 Å². The third kappa shape index (κ3) is 4.24. The Morgan fingerprint density at radius 3 is 1.59 bits per heavy atom. The highest BCUT2D eigenvalue weighted by Crippen LogP contribution is 2.12. The number of hydrogen-bond acceptors (Lipinski definition) is 0. The first kappa shape index (κ1) is 19.0. The zero-order valence-electron chi connectivity index (χ0n) is 16.8. The molecule has 0 heterocycles. The van der Waals surface area contributed by atoms with E-state index in [2.05, 4.69) is 111 Å². The Balaban J connectivity index is 1.79. The predicted octanol–water partition coefficient (Wildman–Crippen LogP) is 4.22. The summed E-state index contributed by atoms with van der Waals surface area (Å²) in [6.45, 7) is 4.44. The van der Waals surface area contributed by atoms with Crippen molar-refractivity contribution >= 4 is 24.4 Å². The van der Waals surface area contributed by atoms with E-state index < -0.39 is 8.80 Å². The molecular formula is C28H23Si. The van der Waals surface area contributed by atoms with Crippen LogP contribution in [0.4, 0.5) is 0 Å². The molecule has 139 valence electrons. The molecule has 0 amide bonds. The van der Waals surface area contributed by atoms with Gasteiger partial charge >= 0.3 is 0 Å². The summed E-state index contributed by atoms with van der Waals surface area (Å²) in [4.78, 5) is 0. The van der Waals surface area contributed by atoms with Crippen molar-refractivity contribution in [3.05, 3.63) is 125 Å². The predicted molar refractivity (Wildman–Crippen MR) is 126 cm³/mol. The molecule has 1 heteroatoms.